The van der Waals surface area contributed by atoms with E-state index in [1.54, 1.807) is 23.6 Å². The van der Waals surface area contributed by atoms with Gasteiger partial charge in [-0.1, -0.05) is 0 Å². The van der Waals surface area contributed by atoms with Gasteiger partial charge in [0.15, 0.2) is 0 Å². The number of aryl methyl sites for hydroxylation is 2. The molecule has 0 unspecified atom stereocenters. The van der Waals surface area contributed by atoms with E-state index in [0.29, 0.717) is 30.0 Å². The number of thiazole rings is 2. The third-order valence-electron chi connectivity index (χ3n) is 5.56. The molecule has 1 aromatic carbocycles. The predicted octanol–water partition coefficient (Wildman–Crippen LogP) is 3.76. The molecule has 2 amide bonds. The minimum atomic E-state index is -0.251. The number of piperidine rings is 1. The van der Waals surface area contributed by atoms with Crippen molar-refractivity contribution in [2.75, 3.05) is 18.4 Å². The highest BCUT2D eigenvalue weighted by atomic mass is 32.1. The Balaban J connectivity index is 1.21. The summed E-state index contributed by atoms with van der Waals surface area (Å²) in [6.45, 7) is 5.16. The fraction of sp³-hybridized carbons (Fsp3) is 0.333. The summed E-state index contributed by atoms with van der Waals surface area (Å²) in [5.41, 5.74) is 3.28. The predicted molar refractivity (Wildman–Crippen MR) is 123 cm³/mol. The molecule has 0 radical (unpaired) electrons. The number of carbonyl (C=O) groups excluding carboxylic acids is 2. The Kier molecular flexibility index (Phi) is 5.43. The normalized spacial score (nSPS) is 14.8. The summed E-state index contributed by atoms with van der Waals surface area (Å²) in [6.07, 6.45) is 1.67. The molecule has 9 nitrogen and oxygen atoms in total. The maximum Gasteiger partial charge on any atom is 0.275 e. The van der Waals surface area contributed by atoms with Gasteiger partial charge < -0.3 is 10.2 Å². The number of carbonyl (C=O) groups is 2. The number of rotatable bonds is 4. The molecule has 0 spiro atoms. The minimum absolute atomic E-state index is 0.0647. The van der Waals surface area contributed by atoms with Crippen molar-refractivity contribution in [1.82, 2.24) is 30.3 Å². The molecule has 0 saturated carbocycles. The second kappa shape index (κ2) is 8.40. The maximum atomic E-state index is 12.8. The van der Waals surface area contributed by atoms with Crippen molar-refractivity contribution in [3.05, 3.63) is 49.9 Å². The molecular weight excluding hydrogens is 446 g/mol. The second-order valence-corrected chi connectivity index (χ2v) is 9.86. The lowest BCUT2D eigenvalue weighted by atomic mass is 9.97. The van der Waals surface area contributed by atoms with Crippen LogP contribution in [0.1, 0.15) is 54.6 Å². The molecular formula is C21H21N7O2S2. The number of aromatic amines is 1. The molecule has 1 aliphatic rings. The summed E-state index contributed by atoms with van der Waals surface area (Å²) < 4.78 is 0. The lowest BCUT2D eigenvalue weighted by Gasteiger charge is -2.30. The van der Waals surface area contributed by atoms with Crippen LogP contribution >= 0.6 is 22.7 Å². The van der Waals surface area contributed by atoms with Crippen LogP contribution in [0.2, 0.25) is 0 Å². The van der Waals surface area contributed by atoms with Crippen LogP contribution in [0, 0.1) is 13.8 Å². The number of amides is 2. The van der Waals surface area contributed by atoms with Crippen molar-refractivity contribution in [3.8, 4) is 0 Å². The first kappa shape index (κ1) is 20.7. The second-order valence-electron chi connectivity index (χ2n) is 7.77. The molecule has 0 atom stereocenters. The van der Waals surface area contributed by atoms with E-state index in [1.807, 2.05) is 18.7 Å². The van der Waals surface area contributed by atoms with Crippen LogP contribution in [0.15, 0.2) is 23.6 Å². The number of anilines is 1. The highest BCUT2D eigenvalue weighted by molar-refractivity contribution is 7.13. The van der Waals surface area contributed by atoms with Crippen LogP contribution in [0.5, 0.6) is 0 Å². The highest BCUT2D eigenvalue weighted by Gasteiger charge is 2.28. The van der Waals surface area contributed by atoms with Crippen molar-refractivity contribution in [2.45, 2.75) is 32.6 Å². The van der Waals surface area contributed by atoms with Crippen LogP contribution in [0.25, 0.3) is 11.0 Å². The molecule has 1 aliphatic heterocycles. The quantitative estimate of drug-likeness (QED) is 0.472. The Bertz CT molecular complexity index is 1300. The summed E-state index contributed by atoms with van der Waals surface area (Å²) in [7, 11) is 0. The SMILES string of the molecule is Cc1nc(C)c(C(=O)N2CCC(c3nc(C(=O)Nc4ccc5n[nH]nc5c4)cs3)CC2)s1. The summed E-state index contributed by atoms with van der Waals surface area (Å²) in [4.78, 5) is 37.1. The van der Waals surface area contributed by atoms with Crippen molar-refractivity contribution < 1.29 is 9.59 Å². The van der Waals surface area contributed by atoms with Gasteiger partial charge >= 0.3 is 0 Å². The first-order valence-electron chi connectivity index (χ1n) is 10.3. The molecule has 11 heteroatoms. The highest BCUT2D eigenvalue weighted by Crippen LogP contribution is 2.32. The molecule has 32 heavy (non-hydrogen) atoms. The molecule has 5 rings (SSSR count). The molecule has 3 aromatic heterocycles. The molecule has 4 heterocycles. The Morgan fingerprint density at radius 3 is 2.66 bits per heavy atom. The molecule has 4 aromatic rings. The van der Waals surface area contributed by atoms with Crippen LogP contribution in [0.3, 0.4) is 0 Å². The monoisotopic (exact) mass is 467 g/mol. The standard InChI is InChI=1S/C21H21N7O2S2/c1-11-18(32-12(2)22-11)21(30)28-7-5-13(6-8-28)20-24-17(10-31-20)19(29)23-14-3-4-15-16(9-14)26-27-25-15/h3-4,9-10,13H,5-8H2,1-2H3,(H,23,29)(H,25,26,27). The number of aromatic nitrogens is 5. The lowest BCUT2D eigenvalue weighted by Crippen LogP contribution is -2.37. The zero-order valence-electron chi connectivity index (χ0n) is 17.6. The van der Waals surface area contributed by atoms with E-state index < -0.39 is 0 Å². The Labute approximate surface area is 191 Å². The van der Waals surface area contributed by atoms with E-state index >= 15 is 0 Å². The van der Waals surface area contributed by atoms with Gasteiger partial charge in [0.05, 0.1) is 15.7 Å². The number of benzene rings is 1. The van der Waals surface area contributed by atoms with Crippen molar-refractivity contribution in [2.24, 2.45) is 0 Å². The summed E-state index contributed by atoms with van der Waals surface area (Å²) in [5, 5.41) is 17.1. The van der Waals surface area contributed by atoms with Gasteiger partial charge in [-0.3, -0.25) is 9.59 Å². The molecule has 2 N–H and O–H groups in total. The average molecular weight is 468 g/mol. The van der Waals surface area contributed by atoms with Crippen LogP contribution in [0.4, 0.5) is 5.69 Å². The number of hydrogen-bond acceptors (Lipinski definition) is 8. The van der Waals surface area contributed by atoms with E-state index in [0.717, 1.165) is 38.9 Å². The number of hydrogen-bond donors (Lipinski definition) is 2. The third kappa shape index (κ3) is 4.00. The number of nitrogens with one attached hydrogen (secondary N) is 2. The maximum absolute atomic E-state index is 12.8. The topological polar surface area (TPSA) is 117 Å². The van der Waals surface area contributed by atoms with Gasteiger partial charge in [-0.05, 0) is 44.9 Å². The van der Waals surface area contributed by atoms with Crippen LogP contribution in [-0.4, -0.2) is 55.2 Å². The van der Waals surface area contributed by atoms with Crippen molar-refractivity contribution >= 4 is 51.2 Å². The minimum Gasteiger partial charge on any atom is -0.338 e. The summed E-state index contributed by atoms with van der Waals surface area (Å²) >= 11 is 2.96. The Morgan fingerprint density at radius 1 is 1.12 bits per heavy atom. The van der Waals surface area contributed by atoms with E-state index in [-0.39, 0.29) is 17.7 Å². The smallest absolute Gasteiger partial charge is 0.275 e. The Morgan fingerprint density at radius 2 is 1.91 bits per heavy atom. The van der Waals surface area contributed by atoms with Gasteiger partial charge in [-0.25, -0.2) is 9.97 Å². The van der Waals surface area contributed by atoms with Gasteiger partial charge in [-0.15, -0.1) is 22.7 Å². The zero-order chi connectivity index (χ0) is 22.2. The fourth-order valence-corrected chi connectivity index (χ4v) is 5.75. The largest absolute Gasteiger partial charge is 0.338 e. The molecule has 164 valence electrons. The summed E-state index contributed by atoms with van der Waals surface area (Å²) in [5.74, 6) is 0.0650. The lowest BCUT2D eigenvalue weighted by molar-refractivity contribution is 0.0717. The van der Waals surface area contributed by atoms with Gasteiger partial charge in [0.25, 0.3) is 11.8 Å². The number of fused-ring (bicyclic) bond motifs is 1. The van der Waals surface area contributed by atoms with Gasteiger partial charge in [-0.2, -0.15) is 15.4 Å². The summed E-state index contributed by atoms with van der Waals surface area (Å²) in [6, 6.07) is 5.35. The molecule has 0 bridgehead atoms. The van der Waals surface area contributed by atoms with Gasteiger partial charge in [0.1, 0.15) is 21.6 Å². The molecule has 1 fully saturated rings. The van der Waals surface area contributed by atoms with E-state index in [2.05, 4.69) is 30.7 Å². The van der Waals surface area contributed by atoms with Crippen LogP contribution in [-0.2, 0) is 0 Å². The van der Waals surface area contributed by atoms with Gasteiger partial charge in [0.2, 0.25) is 0 Å². The van der Waals surface area contributed by atoms with Crippen molar-refractivity contribution in [1.29, 1.82) is 0 Å². The van der Waals surface area contributed by atoms with E-state index in [4.69, 9.17) is 0 Å². The fourth-order valence-electron chi connectivity index (χ4n) is 3.90. The first-order valence-corrected chi connectivity index (χ1v) is 12.0. The van der Waals surface area contributed by atoms with E-state index in [1.165, 1.54) is 22.7 Å². The van der Waals surface area contributed by atoms with Crippen molar-refractivity contribution in [3.63, 3.8) is 0 Å². The molecule has 0 aliphatic carbocycles. The first-order chi connectivity index (χ1) is 15.5. The average Bonchev–Trinajstić information content (AvgIpc) is 3.52. The number of H-pyrrole nitrogens is 1. The molecule has 1 saturated heterocycles. The number of likely N-dealkylation sites (tertiary alicyclic amines) is 1. The van der Waals surface area contributed by atoms with E-state index in [9.17, 15) is 9.59 Å². The Hall–Kier alpha value is -3.18. The van der Waals surface area contributed by atoms with Crippen LogP contribution < -0.4 is 5.32 Å². The number of nitrogens with zero attached hydrogens (tertiary/aromatic N) is 5. The van der Waals surface area contributed by atoms with Gasteiger partial charge in [0, 0.05) is 30.1 Å². The third-order valence-corrected chi connectivity index (χ3v) is 7.63. The zero-order valence-corrected chi connectivity index (χ0v) is 19.2.